The van der Waals surface area contributed by atoms with Crippen LogP contribution in [-0.4, -0.2) is 33.2 Å². The van der Waals surface area contributed by atoms with Crippen LogP contribution in [0.4, 0.5) is 0 Å². The lowest BCUT2D eigenvalue weighted by atomic mass is 9.90. The summed E-state index contributed by atoms with van der Waals surface area (Å²) < 4.78 is 9.87. The van der Waals surface area contributed by atoms with Gasteiger partial charge in [0.05, 0.1) is 61.2 Å². The lowest BCUT2D eigenvalue weighted by Crippen LogP contribution is -2.07. The molecule has 0 unspecified atom stereocenters. The van der Waals surface area contributed by atoms with E-state index in [1.807, 2.05) is 36.4 Å². The van der Waals surface area contributed by atoms with Crippen molar-refractivity contribution in [1.82, 2.24) is 33.2 Å². The maximum atomic E-state index is 5.51. The second-order valence-corrected chi connectivity index (χ2v) is 22.7. The molecule has 0 fully saturated rings. The topological polar surface area (TPSA) is 58.4 Å². The molecule has 0 radical (unpaired) electrons. The smallest absolute Gasteiger partial charge is 0.164 e. The molecule has 0 aliphatic rings. The second kappa shape index (κ2) is 19.8. The number of para-hydroxylation sites is 9. The summed E-state index contributed by atoms with van der Waals surface area (Å²) in [4.78, 5) is 16.2. The third-order valence-electron chi connectivity index (χ3n) is 17.8. The van der Waals surface area contributed by atoms with Gasteiger partial charge in [0.1, 0.15) is 0 Å². The van der Waals surface area contributed by atoms with E-state index >= 15 is 0 Å². The van der Waals surface area contributed by atoms with Crippen molar-refractivity contribution in [2.45, 2.75) is 0 Å². The maximum Gasteiger partial charge on any atom is 0.164 e. The molecule has 18 aromatic rings. The van der Waals surface area contributed by atoms with Crippen molar-refractivity contribution in [3.05, 3.63) is 309 Å². The second-order valence-electron chi connectivity index (χ2n) is 22.7. The zero-order valence-corrected chi connectivity index (χ0v) is 47.6. The van der Waals surface area contributed by atoms with Gasteiger partial charge in [0.15, 0.2) is 17.5 Å². The Bertz CT molecular complexity index is 5430. The Kier molecular flexibility index (Phi) is 11.2. The van der Waals surface area contributed by atoms with E-state index in [1.54, 1.807) is 0 Å². The molecule has 7 nitrogen and oxygen atoms in total. The van der Waals surface area contributed by atoms with Gasteiger partial charge in [-0.15, -0.1) is 0 Å². The van der Waals surface area contributed by atoms with E-state index in [9.17, 15) is 0 Å². The standard InChI is InChI=1S/C81H51N7/c1-3-25-52(26-4-1)79-82-80(53-27-5-2-6-28-53)84-81(83-79)54-49-66(63-36-14-22-44-74(63)86-70-40-18-9-31-58(70)59-32-10-19-41-71(59)86)78(67(50-54)64-37-15-23-45-75(64)87-72-42-20-11-33-60(72)61-34-12-21-43-73(61)87)88-76-46-24-13-35-62(76)65-51-55(47-48-77(65)88)85-68-38-16-7-29-56(68)57-30-8-17-39-69(57)85/h1-51H. The normalized spacial score (nSPS) is 11.9. The van der Waals surface area contributed by atoms with Crippen LogP contribution in [0.1, 0.15) is 0 Å². The van der Waals surface area contributed by atoms with Crippen LogP contribution in [0.25, 0.3) is 166 Å². The summed E-state index contributed by atoms with van der Waals surface area (Å²) in [6.07, 6.45) is 0. The molecule has 7 heteroatoms. The molecule has 0 bridgehead atoms. The van der Waals surface area contributed by atoms with E-state index in [0.29, 0.717) is 17.5 Å². The van der Waals surface area contributed by atoms with Crippen molar-refractivity contribution in [3.8, 4) is 79.2 Å². The molecule has 0 amide bonds. The lowest BCUT2D eigenvalue weighted by Gasteiger charge is -2.24. The summed E-state index contributed by atoms with van der Waals surface area (Å²) in [5, 5.41) is 9.50. The van der Waals surface area contributed by atoms with E-state index in [0.717, 1.165) is 106 Å². The fourth-order valence-corrected chi connectivity index (χ4v) is 14.1. The summed E-state index contributed by atoms with van der Waals surface area (Å²) in [7, 11) is 0. The van der Waals surface area contributed by atoms with Crippen molar-refractivity contribution in [1.29, 1.82) is 0 Å². The molecular formula is C81H51N7. The molecule has 0 saturated heterocycles. The summed E-state index contributed by atoms with van der Waals surface area (Å²) in [5.74, 6) is 1.74. The van der Waals surface area contributed by atoms with Crippen molar-refractivity contribution in [2.75, 3.05) is 0 Å². The molecule has 5 aromatic heterocycles. The number of hydrogen-bond donors (Lipinski definition) is 0. The fourth-order valence-electron chi connectivity index (χ4n) is 14.1. The van der Waals surface area contributed by atoms with Gasteiger partial charge in [-0.25, -0.2) is 15.0 Å². The van der Waals surface area contributed by atoms with E-state index in [-0.39, 0.29) is 0 Å². The van der Waals surface area contributed by atoms with Crippen LogP contribution < -0.4 is 0 Å². The van der Waals surface area contributed by atoms with Crippen molar-refractivity contribution in [2.24, 2.45) is 0 Å². The zero-order chi connectivity index (χ0) is 57.8. The predicted molar refractivity (Wildman–Crippen MR) is 364 cm³/mol. The molecule has 0 atom stereocenters. The average Bonchev–Trinajstić information content (AvgIpc) is 1.74. The van der Waals surface area contributed by atoms with Crippen LogP contribution in [0.15, 0.2) is 309 Å². The van der Waals surface area contributed by atoms with Gasteiger partial charge in [-0.05, 0) is 84.9 Å². The van der Waals surface area contributed by atoms with Gasteiger partial charge in [-0.1, -0.05) is 224 Å². The predicted octanol–water partition coefficient (Wildman–Crippen LogP) is 20.6. The van der Waals surface area contributed by atoms with Gasteiger partial charge >= 0.3 is 0 Å². The van der Waals surface area contributed by atoms with Crippen LogP contribution in [-0.2, 0) is 0 Å². The molecule has 18 rings (SSSR count). The Balaban J connectivity index is 1.02. The monoisotopic (exact) mass is 1120 g/mol. The highest BCUT2D eigenvalue weighted by Crippen LogP contribution is 2.49. The quantitative estimate of drug-likeness (QED) is 0.145. The van der Waals surface area contributed by atoms with Crippen molar-refractivity contribution >= 4 is 87.2 Å². The summed E-state index contributed by atoms with van der Waals surface area (Å²) >= 11 is 0. The number of nitrogens with zero attached hydrogens (tertiary/aromatic N) is 7. The number of rotatable bonds is 9. The Morgan fingerprint density at radius 3 is 0.886 bits per heavy atom. The third-order valence-corrected chi connectivity index (χ3v) is 17.8. The minimum Gasteiger partial charge on any atom is -0.309 e. The van der Waals surface area contributed by atoms with Gasteiger partial charge in [0.25, 0.3) is 0 Å². The average molecular weight is 1120 g/mol. The molecule has 88 heavy (non-hydrogen) atoms. The summed E-state index contributed by atoms with van der Waals surface area (Å²) in [6, 6.07) is 112. The highest BCUT2D eigenvalue weighted by molar-refractivity contribution is 6.15. The molecule has 0 aliphatic heterocycles. The van der Waals surface area contributed by atoms with Gasteiger partial charge in [-0.3, -0.25) is 0 Å². The Hall–Kier alpha value is -11.9. The Morgan fingerprint density at radius 1 is 0.193 bits per heavy atom. The Morgan fingerprint density at radius 2 is 0.489 bits per heavy atom. The van der Waals surface area contributed by atoms with Gasteiger partial charge in [0.2, 0.25) is 0 Å². The first-order valence-electron chi connectivity index (χ1n) is 29.9. The maximum absolute atomic E-state index is 5.51. The first-order valence-corrected chi connectivity index (χ1v) is 29.9. The molecule has 13 aromatic carbocycles. The van der Waals surface area contributed by atoms with Crippen LogP contribution in [0.2, 0.25) is 0 Å². The zero-order valence-electron chi connectivity index (χ0n) is 47.6. The number of benzene rings is 13. The van der Waals surface area contributed by atoms with Crippen molar-refractivity contribution in [3.63, 3.8) is 0 Å². The molecule has 5 heterocycles. The van der Waals surface area contributed by atoms with E-state index in [4.69, 9.17) is 15.0 Å². The van der Waals surface area contributed by atoms with Gasteiger partial charge < -0.3 is 18.3 Å². The fraction of sp³-hybridized carbons (Fsp3) is 0. The largest absolute Gasteiger partial charge is 0.309 e. The summed E-state index contributed by atoms with van der Waals surface area (Å²) in [6.45, 7) is 0. The SMILES string of the molecule is c1ccc(-c2nc(-c3ccccc3)nc(-c3cc(-c4ccccc4-n4c5ccccc5c5ccccc54)c(-n4c5ccccc5c5cc(-n6c7ccccc7c7ccccc76)ccc54)c(-c4ccccc4-n4c5ccccc5c5ccccc54)c3)n2)cc1. The van der Waals surface area contributed by atoms with Crippen LogP contribution in [0.5, 0.6) is 0 Å². The Labute approximate surface area is 506 Å². The minimum absolute atomic E-state index is 0.559. The highest BCUT2D eigenvalue weighted by Gasteiger charge is 2.28. The number of aromatic nitrogens is 7. The van der Waals surface area contributed by atoms with E-state index in [1.165, 1.54) is 43.4 Å². The van der Waals surface area contributed by atoms with E-state index < -0.39 is 0 Å². The van der Waals surface area contributed by atoms with Gasteiger partial charge in [0, 0.05) is 87.7 Å². The third kappa shape index (κ3) is 7.60. The van der Waals surface area contributed by atoms with Crippen LogP contribution >= 0.6 is 0 Å². The molecular weight excluding hydrogens is 1070 g/mol. The molecule has 0 spiro atoms. The van der Waals surface area contributed by atoms with Gasteiger partial charge in [-0.2, -0.15) is 0 Å². The lowest BCUT2D eigenvalue weighted by molar-refractivity contribution is 1.07. The van der Waals surface area contributed by atoms with Crippen LogP contribution in [0, 0.1) is 0 Å². The summed E-state index contributed by atoms with van der Waals surface area (Å²) in [5.41, 5.74) is 19.9. The number of fused-ring (bicyclic) bond motifs is 12. The molecule has 0 aliphatic carbocycles. The molecule has 410 valence electrons. The van der Waals surface area contributed by atoms with Crippen LogP contribution in [0.3, 0.4) is 0 Å². The first kappa shape index (κ1) is 49.5. The van der Waals surface area contributed by atoms with E-state index in [2.05, 4.69) is 291 Å². The molecule has 0 N–H and O–H groups in total. The minimum atomic E-state index is 0.559. The number of hydrogen-bond acceptors (Lipinski definition) is 3. The van der Waals surface area contributed by atoms with Crippen molar-refractivity contribution < 1.29 is 0 Å². The molecule has 0 saturated carbocycles. The first-order chi connectivity index (χ1) is 43.7. The highest BCUT2D eigenvalue weighted by atomic mass is 15.1.